The predicted molar refractivity (Wildman–Crippen MR) is 81.2 cm³/mol. The maximum Gasteiger partial charge on any atom is 0.167 e. The van der Waals surface area contributed by atoms with Crippen LogP contribution in [0, 0.1) is 0 Å². The minimum atomic E-state index is -1.19. The number of rotatable bonds is 4. The summed E-state index contributed by atoms with van der Waals surface area (Å²) < 4.78 is 12.4. The molecule has 0 radical (unpaired) electrons. The topological polar surface area (TPSA) is 135 Å². The van der Waals surface area contributed by atoms with Crippen molar-refractivity contribution in [3.63, 3.8) is 0 Å². The Morgan fingerprint density at radius 2 is 2.12 bits per heavy atom. The van der Waals surface area contributed by atoms with Gasteiger partial charge < -0.3 is 30.1 Å². The molecule has 4 rings (SSSR count). The fourth-order valence-corrected chi connectivity index (χ4v) is 3.10. The van der Waals surface area contributed by atoms with Crippen LogP contribution in [0.5, 0.6) is 0 Å². The molecule has 24 heavy (non-hydrogen) atoms. The van der Waals surface area contributed by atoms with Gasteiger partial charge >= 0.3 is 0 Å². The molecule has 0 saturated carbocycles. The SMILES string of the molecule is OC[C@H]1OC(n2cnc3c(NC4CCOC4)ncnc32)[C@H](O)[C@@H]1O. The van der Waals surface area contributed by atoms with Gasteiger partial charge in [-0.25, -0.2) is 15.0 Å². The van der Waals surface area contributed by atoms with Crippen molar-refractivity contribution in [2.45, 2.75) is 37.0 Å². The van der Waals surface area contributed by atoms with E-state index in [-0.39, 0.29) is 12.6 Å². The van der Waals surface area contributed by atoms with Crippen LogP contribution in [0.15, 0.2) is 12.7 Å². The van der Waals surface area contributed by atoms with Crippen molar-refractivity contribution in [1.29, 1.82) is 0 Å². The molecule has 10 heteroatoms. The summed E-state index contributed by atoms with van der Waals surface area (Å²) in [6.45, 7) is 0.939. The summed E-state index contributed by atoms with van der Waals surface area (Å²) in [5.41, 5.74) is 1.02. The van der Waals surface area contributed by atoms with Crippen LogP contribution in [0.4, 0.5) is 5.82 Å². The zero-order chi connectivity index (χ0) is 16.7. The first-order chi connectivity index (χ1) is 11.7. The zero-order valence-corrected chi connectivity index (χ0v) is 12.8. The number of aliphatic hydroxyl groups is 3. The van der Waals surface area contributed by atoms with Gasteiger partial charge in [-0.05, 0) is 6.42 Å². The first-order valence-corrected chi connectivity index (χ1v) is 7.83. The summed E-state index contributed by atoms with van der Waals surface area (Å²) in [5.74, 6) is 0.584. The molecule has 0 aromatic carbocycles. The number of hydrogen-bond donors (Lipinski definition) is 4. The van der Waals surface area contributed by atoms with Crippen LogP contribution in [0.25, 0.3) is 11.2 Å². The second-order valence-corrected chi connectivity index (χ2v) is 5.98. The summed E-state index contributed by atoms with van der Waals surface area (Å²) in [6.07, 6.45) is -0.310. The fraction of sp³-hybridized carbons (Fsp3) is 0.643. The van der Waals surface area contributed by atoms with Crippen LogP contribution in [0.3, 0.4) is 0 Å². The zero-order valence-electron chi connectivity index (χ0n) is 12.8. The highest BCUT2D eigenvalue weighted by molar-refractivity contribution is 5.82. The van der Waals surface area contributed by atoms with Gasteiger partial charge in [0.1, 0.15) is 24.6 Å². The van der Waals surface area contributed by atoms with E-state index in [2.05, 4.69) is 20.3 Å². The molecule has 0 bridgehead atoms. The van der Waals surface area contributed by atoms with Crippen molar-refractivity contribution < 1.29 is 24.8 Å². The van der Waals surface area contributed by atoms with Gasteiger partial charge in [0.25, 0.3) is 0 Å². The van der Waals surface area contributed by atoms with Gasteiger partial charge in [0, 0.05) is 6.61 Å². The molecule has 2 aromatic heterocycles. The average molecular weight is 337 g/mol. The van der Waals surface area contributed by atoms with Gasteiger partial charge in [-0.3, -0.25) is 4.57 Å². The van der Waals surface area contributed by atoms with E-state index in [1.807, 2.05) is 0 Å². The lowest BCUT2D eigenvalue weighted by Gasteiger charge is -2.16. The third kappa shape index (κ3) is 2.52. The van der Waals surface area contributed by atoms with Crippen LogP contribution in [0.1, 0.15) is 12.6 Å². The highest BCUT2D eigenvalue weighted by Crippen LogP contribution is 2.32. The Kier molecular flexibility index (Phi) is 4.06. The van der Waals surface area contributed by atoms with Gasteiger partial charge in [0.2, 0.25) is 0 Å². The minimum absolute atomic E-state index is 0.169. The number of nitrogens with one attached hydrogen (secondary N) is 1. The lowest BCUT2D eigenvalue weighted by molar-refractivity contribution is -0.0511. The molecule has 4 N–H and O–H groups in total. The molecule has 2 saturated heterocycles. The standard InChI is InChI=1S/C14H19N5O5/c20-3-8-10(21)11(22)14(24-8)19-6-17-9-12(15-5-16-13(9)19)18-7-1-2-23-4-7/h5-8,10-11,14,20-22H,1-4H2,(H,15,16,18)/t7?,8-,10-,11-,14?/m1/s1. The van der Waals surface area contributed by atoms with Crippen LogP contribution < -0.4 is 5.32 Å². The minimum Gasteiger partial charge on any atom is -0.394 e. The third-order valence-corrected chi connectivity index (χ3v) is 4.42. The Labute approximate surface area is 137 Å². The first kappa shape index (κ1) is 15.7. The normalized spacial score (nSPS) is 33.4. The predicted octanol–water partition coefficient (Wildman–Crippen LogP) is -1.36. The monoisotopic (exact) mass is 337 g/mol. The highest BCUT2D eigenvalue weighted by Gasteiger charge is 2.44. The quantitative estimate of drug-likeness (QED) is 0.533. The van der Waals surface area contributed by atoms with Crippen molar-refractivity contribution in [2.75, 3.05) is 25.1 Å². The van der Waals surface area contributed by atoms with Crippen LogP contribution in [0.2, 0.25) is 0 Å². The lowest BCUT2D eigenvalue weighted by atomic mass is 10.1. The molecular weight excluding hydrogens is 318 g/mol. The number of nitrogens with zero attached hydrogens (tertiary/aromatic N) is 4. The molecule has 0 spiro atoms. The van der Waals surface area contributed by atoms with Gasteiger partial charge in [0.05, 0.1) is 25.6 Å². The Hall–Kier alpha value is -1.85. The van der Waals surface area contributed by atoms with Crippen LogP contribution >= 0.6 is 0 Å². The average Bonchev–Trinajstić information content (AvgIpc) is 3.30. The van der Waals surface area contributed by atoms with Gasteiger partial charge in [0.15, 0.2) is 23.2 Å². The van der Waals surface area contributed by atoms with Crippen molar-refractivity contribution in [3.05, 3.63) is 12.7 Å². The van der Waals surface area contributed by atoms with E-state index in [1.54, 1.807) is 0 Å². The molecule has 2 aromatic rings. The molecule has 130 valence electrons. The summed E-state index contributed by atoms with van der Waals surface area (Å²) in [6, 6.07) is 0.169. The van der Waals surface area contributed by atoms with Gasteiger partial charge in [-0.15, -0.1) is 0 Å². The van der Waals surface area contributed by atoms with E-state index < -0.39 is 24.5 Å². The maximum atomic E-state index is 10.2. The van der Waals surface area contributed by atoms with E-state index in [4.69, 9.17) is 9.47 Å². The number of anilines is 1. The van der Waals surface area contributed by atoms with Crippen LogP contribution in [-0.2, 0) is 9.47 Å². The summed E-state index contributed by atoms with van der Waals surface area (Å²) in [5, 5.41) is 32.6. The number of aliphatic hydroxyl groups excluding tert-OH is 3. The Bertz CT molecular complexity index is 719. The largest absolute Gasteiger partial charge is 0.394 e. The molecule has 0 aliphatic carbocycles. The molecule has 2 fully saturated rings. The summed E-state index contributed by atoms with van der Waals surface area (Å²) >= 11 is 0. The fourth-order valence-electron chi connectivity index (χ4n) is 3.10. The molecule has 2 aliphatic rings. The number of ether oxygens (including phenoxy) is 2. The van der Waals surface area contributed by atoms with E-state index in [0.717, 1.165) is 6.42 Å². The smallest absolute Gasteiger partial charge is 0.167 e. The molecule has 0 amide bonds. The van der Waals surface area contributed by atoms with Gasteiger partial charge in [-0.1, -0.05) is 0 Å². The molecular formula is C14H19N5O5. The van der Waals surface area contributed by atoms with E-state index >= 15 is 0 Å². The molecule has 4 heterocycles. The Morgan fingerprint density at radius 3 is 2.83 bits per heavy atom. The number of fused-ring (bicyclic) bond motifs is 1. The maximum absolute atomic E-state index is 10.2. The van der Waals surface area contributed by atoms with Crippen molar-refractivity contribution in [1.82, 2.24) is 19.5 Å². The van der Waals surface area contributed by atoms with E-state index in [9.17, 15) is 15.3 Å². The van der Waals surface area contributed by atoms with E-state index in [1.165, 1.54) is 17.2 Å². The second-order valence-electron chi connectivity index (χ2n) is 5.98. The number of imidazole rings is 1. The number of aromatic nitrogens is 4. The molecule has 2 unspecified atom stereocenters. The van der Waals surface area contributed by atoms with E-state index in [0.29, 0.717) is 30.2 Å². The van der Waals surface area contributed by atoms with Crippen molar-refractivity contribution in [3.8, 4) is 0 Å². The molecule has 10 nitrogen and oxygen atoms in total. The summed E-state index contributed by atoms with van der Waals surface area (Å²) in [4.78, 5) is 12.8. The third-order valence-electron chi connectivity index (χ3n) is 4.42. The Balaban J connectivity index is 1.65. The summed E-state index contributed by atoms with van der Waals surface area (Å²) in [7, 11) is 0. The van der Waals surface area contributed by atoms with Crippen LogP contribution in [-0.4, -0.2) is 79.0 Å². The highest BCUT2D eigenvalue weighted by atomic mass is 16.6. The molecule has 2 aliphatic heterocycles. The first-order valence-electron chi connectivity index (χ1n) is 7.83. The lowest BCUT2D eigenvalue weighted by Crippen LogP contribution is -2.33. The second kappa shape index (κ2) is 6.22. The van der Waals surface area contributed by atoms with Crippen molar-refractivity contribution in [2.24, 2.45) is 0 Å². The number of hydrogen-bond acceptors (Lipinski definition) is 9. The van der Waals surface area contributed by atoms with Crippen molar-refractivity contribution >= 4 is 17.0 Å². The molecule has 5 atom stereocenters. The Morgan fingerprint density at radius 1 is 1.25 bits per heavy atom. The van der Waals surface area contributed by atoms with Gasteiger partial charge in [-0.2, -0.15) is 0 Å².